The molecule has 5 heteroatoms. The van der Waals surface area contributed by atoms with Crippen molar-refractivity contribution in [3.8, 4) is 0 Å². The summed E-state index contributed by atoms with van der Waals surface area (Å²) in [4.78, 5) is 16.6. The molecule has 0 aliphatic heterocycles. The number of carbonyl (C=O) groups is 1. The van der Waals surface area contributed by atoms with Crippen LogP contribution in [0.3, 0.4) is 0 Å². The standard InChI is InChI=1S/C19H22BrN3O/c1-13-11-15(7-9-17(13)20)22-18-10-8-16(12-21-18)23-19(24)14-5-3-2-4-6-14/h7-12,14H,2-6H2,1H3,(H,21,22)(H,23,24). The average molecular weight is 388 g/mol. The van der Waals surface area contributed by atoms with Gasteiger partial charge in [0, 0.05) is 16.1 Å². The first-order valence-corrected chi connectivity index (χ1v) is 9.21. The van der Waals surface area contributed by atoms with Crippen LogP contribution in [0.5, 0.6) is 0 Å². The van der Waals surface area contributed by atoms with E-state index in [9.17, 15) is 4.79 Å². The molecule has 4 nitrogen and oxygen atoms in total. The second-order valence-electron chi connectivity index (χ2n) is 6.35. The lowest BCUT2D eigenvalue weighted by molar-refractivity contribution is -0.120. The predicted octanol–water partition coefficient (Wildman–Crippen LogP) is 5.41. The molecular formula is C19H22BrN3O. The quantitative estimate of drug-likeness (QED) is 0.736. The number of carbonyl (C=O) groups excluding carboxylic acids is 1. The van der Waals surface area contributed by atoms with Crippen LogP contribution in [-0.4, -0.2) is 10.9 Å². The van der Waals surface area contributed by atoms with E-state index < -0.39 is 0 Å². The van der Waals surface area contributed by atoms with Gasteiger partial charge < -0.3 is 10.6 Å². The summed E-state index contributed by atoms with van der Waals surface area (Å²) >= 11 is 3.50. The first-order valence-electron chi connectivity index (χ1n) is 8.42. The molecule has 1 amide bonds. The van der Waals surface area contributed by atoms with Gasteiger partial charge in [0.15, 0.2) is 0 Å². The maximum atomic E-state index is 12.3. The fraction of sp³-hybridized carbons (Fsp3) is 0.368. The molecule has 1 aromatic carbocycles. The summed E-state index contributed by atoms with van der Waals surface area (Å²) in [5.74, 6) is 1.04. The fourth-order valence-corrected chi connectivity index (χ4v) is 3.27. The molecule has 0 saturated heterocycles. The Hall–Kier alpha value is -1.88. The highest BCUT2D eigenvalue weighted by molar-refractivity contribution is 9.10. The minimum Gasteiger partial charge on any atom is -0.340 e. The van der Waals surface area contributed by atoms with Gasteiger partial charge in [-0.15, -0.1) is 0 Å². The maximum absolute atomic E-state index is 12.3. The van der Waals surface area contributed by atoms with Gasteiger partial charge >= 0.3 is 0 Å². The van der Waals surface area contributed by atoms with Gasteiger partial charge in [-0.05, 0) is 55.7 Å². The summed E-state index contributed by atoms with van der Waals surface area (Å²) in [5, 5.41) is 6.26. The van der Waals surface area contributed by atoms with Crippen LogP contribution in [0.1, 0.15) is 37.7 Å². The Morgan fingerprint density at radius 2 is 1.88 bits per heavy atom. The number of pyridine rings is 1. The first-order chi connectivity index (χ1) is 11.6. The molecule has 1 aromatic heterocycles. The number of nitrogens with zero attached hydrogens (tertiary/aromatic N) is 1. The lowest BCUT2D eigenvalue weighted by Crippen LogP contribution is -2.24. The lowest BCUT2D eigenvalue weighted by Gasteiger charge is -2.20. The molecule has 1 aliphatic rings. The zero-order valence-electron chi connectivity index (χ0n) is 13.8. The summed E-state index contributed by atoms with van der Waals surface area (Å²) in [6.45, 7) is 2.05. The Bertz CT molecular complexity index is 709. The van der Waals surface area contributed by atoms with Crippen molar-refractivity contribution in [1.82, 2.24) is 4.98 Å². The van der Waals surface area contributed by atoms with E-state index in [1.54, 1.807) is 6.20 Å². The van der Waals surface area contributed by atoms with Gasteiger partial charge in [0.05, 0.1) is 11.9 Å². The first kappa shape index (κ1) is 17.0. The normalized spacial score (nSPS) is 15.1. The van der Waals surface area contributed by atoms with Crippen molar-refractivity contribution in [1.29, 1.82) is 0 Å². The molecule has 3 rings (SSSR count). The fourth-order valence-electron chi connectivity index (χ4n) is 3.02. The molecule has 2 N–H and O–H groups in total. The topological polar surface area (TPSA) is 54.0 Å². The number of hydrogen-bond acceptors (Lipinski definition) is 3. The van der Waals surface area contributed by atoms with Crippen LogP contribution in [0, 0.1) is 12.8 Å². The SMILES string of the molecule is Cc1cc(Nc2ccc(NC(=O)C3CCCCC3)cn2)ccc1Br. The Kier molecular flexibility index (Phi) is 5.51. The van der Waals surface area contributed by atoms with Crippen molar-refractivity contribution >= 4 is 39.0 Å². The average Bonchev–Trinajstić information content (AvgIpc) is 2.61. The second-order valence-corrected chi connectivity index (χ2v) is 7.20. The van der Waals surface area contributed by atoms with Crippen LogP contribution in [0.15, 0.2) is 41.0 Å². The van der Waals surface area contributed by atoms with Gasteiger partial charge in [0.2, 0.25) is 5.91 Å². The van der Waals surface area contributed by atoms with Gasteiger partial charge in [-0.1, -0.05) is 35.2 Å². The van der Waals surface area contributed by atoms with Crippen LogP contribution in [0.25, 0.3) is 0 Å². The third-order valence-electron chi connectivity index (χ3n) is 4.44. The van der Waals surface area contributed by atoms with Crippen LogP contribution in [0.4, 0.5) is 17.2 Å². The van der Waals surface area contributed by atoms with E-state index in [1.807, 2.05) is 31.2 Å². The van der Waals surface area contributed by atoms with E-state index in [4.69, 9.17) is 0 Å². The highest BCUT2D eigenvalue weighted by Crippen LogP contribution is 2.25. The number of aromatic nitrogens is 1. The molecule has 0 bridgehead atoms. The van der Waals surface area contributed by atoms with E-state index >= 15 is 0 Å². The Morgan fingerprint density at radius 3 is 2.54 bits per heavy atom. The molecule has 1 aliphatic carbocycles. The summed E-state index contributed by atoms with van der Waals surface area (Å²) in [5.41, 5.74) is 2.90. The molecule has 1 heterocycles. The highest BCUT2D eigenvalue weighted by Gasteiger charge is 2.21. The number of amides is 1. The molecular weight excluding hydrogens is 366 g/mol. The number of anilines is 3. The molecule has 0 spiro atoms. The Morgan fingerprint density at radius 1 is 1.12 bits per heavy atom. The number of halogens is 1. The van der Waals surface area contributed by atoms with Crippen molar-refractivity contribution in [2.75, 3.05) is 10.6 Å². The molecule has 2 aromatic rings. The van der Waals surface area contributed by atoms with Crippen molar-refractivity contribution in [3.63, 3.8) is 0 Å². The van der Waals surface area contributed by atoms with E-state index in [-0.39, 0.29) is 11.8 Å². The zero-order valence-corrected chi connectivity index (χ0v) is 15.4. The molecule has 1 saturated carbocycles. The maximum Gasteiger partial charge on any atom is 0.227 e. The molecule has 24 heavy (non-hydrogen) atoms. The van der Waals surface area contributed by atoms with Gasteiger partial charge in [-0.3, -0.25) is 4.79 Å². The number of benzene rings is 1. The molecule has 1 fully saturated rings. The van der Waals surface area contributed by atoms with Crippen LogP contribution in [-0.2, 0) is 4.79 Å². The minimum absolute atomic E-state index is 0.126. The summed E-state index contributed by atoms with van der Waals surface area (Å²) in [6.07, 6.45) is 7.28. The monoisotopic (exact) mass is 387 g/mol. The number of hydrogen-bond donors (Lipinski definition) is 2. The van der Waals surface area contributed by atoms with E-state index in [1.165, 1.54) is 6.42 Å². The van der Waals surface area contributed by atoms with E-state index in [0.29, 0.717) is 0 Å². The Balaban J connectivity index is 1.60. The van der Waals surface area contributed by atoms with Crippen molar-refractivity contribution < 1.29 is 4.79 Å². The lowest BCUT2D eigenvalue weighted by atomic mass is 9.88. The predicted molar refractivity (Wildman–Crippen MR) is 102 cm³/mol. The smallest absolute Gasteiger partial charge is 0.227 e. The highest BCUT2D eigenvalue weighted by atomic mass is 79.9. The number of nitrogens with one attached hydrogen (secondary N) is 2. The van der Waals surface area contributed by atoms with Crippen LogP contribution < -0.4 is 10.6 Å². The van der Waals surface area contributed by atoms with E-state index in [0.717, 1.165) is 52.9 Å². The van der Waals surface area contributed by atoms with E-state index in [2.05, 4.69) is 37.6 Å². The van der Waals surface area contributed by atoms with Gasteiger partial charge in [0.25, 0.3) is 0 Å². The Labute approximate surface area is 151 Å². The van der Waals surface area contributed by atoms with Crippen molar-refractivity contribution in [2.45, 2.75) is 39.0 Å². The van der Waals surface area contributed by atoms with Gasteiger partial charge in [-0.2, -0.15) is 0 Å². The van der Waals surface area contributed by atoms with Gasteiger partial charge in [0.1, 0.15) is 5.82 Å². The minimum atomic E-state index is 0.126. The molecule has 0 radical (unpaired) electrons. The molecule has 0 unspecified atom stereocenters. The molecule has 0 atom stereocenters. The number of rotatable bonds is 4. The third kappa shape index (κ3) is 4.35. The van der Waals surface area contributed by atoms with Crippen LogP contribution >= 0.6 is 15.9 Å². The van der Waals surface area contributed by atoms with Crippen molar-refractivity contribution in [3.05, 3.63) is 46.6 Å². The molecule has 126 valence electrons. The zero-order chi connectivity index (χ0) is 16.9. The number of aryl methyl sites for hydroxylation is 1. The van der Waals surface area contributed by atoms with Crippen LogP contribution in [0.2, 0.25) is 0 Å². The largest absolute Gasteiger partial charge is 0.340 e. The summed E-state index contributed by atoms with van der Waals surface area (Å²) in [6, 6.07) is 9.84. The second kappa shape index (κ2) is 7.79. The van der Waals surface area contributed by atoms with Crippen molar-refractivity contribution in [2.24, 2.45) is 5.92 Å². The summed E-state index contributed by atoms with van der Waals surface area (Å²) in [7, 11) is 0. The third-order valence-corrected chi connectivity index (χ3v) is 5.33. The van der Waals surface area contributed by atoms with Gasteiger partial charge in [-0.25, -0.2) is 4.98 Å². The summed E-state index contributed by atoms with van der Waals surface area (Å²) < 4.78 is 1.08.